The number of nitrogens with one attached hydrogen (secondary N) is 2. The molecule has 4 nitrogen and oxygen atoms in total. The summed E-state index contributed by atoms with van der Waals surface area (Å²) < 4.78 is 3.36. The monoisotopic (exact) mass is 625 g/mol. The number of anilines is 1. The van der Waals surface area contributed by atoms with Gasteiger partial charge in [-0.1, -0.05) is 0 Å². The number of carbonyl (C=O) groups is 1. The number of rotatable bonds is 4. The number of piperidine rings is 1. The Balaban J connectivity index is 1.95. The van der Waals surface area contributed by atoms with E-state index in [4.69, 9.17) is 0 Å². The molecule has 0 atom stereocenters. The Hall–Kier alpha value is 0.800. The summed E-state index contributed by atoms with van der Waals surface area (Å²) in [5.41, 5.74) is 0.931. The van der Waals surface area contributed by atoms with Gasteiger partial charge in [-0.3, -0.25) is 9.69 Å². The lowest BCUT2D eigenvalue weighted by Gasteiger charge is -2.31. The van der Waals surface area contributed by atoms with E-state index in [1.54, 1.807) is 0 Å². The van der Waals surface area contributed by atoms with Gasteiger partial charge >= 0.3 is 0 Å². The second-order valence-corrected chi connectivity index (χ2v) is 8.76. The third kappa shape index (κ3) is 5.43. The molecule has 0 spiro atoms. The van der Waals surface area contributed by atoms with Crippen LogP contribution in [0.15, 0.2) is 12.1 Å². The van der Waals surface area contributed by atoms with Crippen molar-refractivity contribution in [2.24, 2.45) is 0 Å². The molecule has 1 saturated heterocycles. The molecule has 1 amide bonds. The summed E-state index contributed by atoms with van der Waals surface area (Å²) in [4.78, 5) is 14.4. The van der Waals surface area contributed by atoms with Crippen molar-refractivity contribution in [2.45, 2.75) is 18.9 Å². The lowest BCUT2D eigenvalue weighted by atomic mass is 10.1. The first-order chi connectivity index (χ1) is 9.97. The molecule has 0 aromatic heterocycles. The van der Waals surface area contributed by atoms with Gasteiger partial charge in [0.2, 0.25) is 5.91 Å². The Kier molecular flexibility index (Phi) is 7.43. The van der Waals surface area contributed by atoms with Crippen LogP contribution in [0.4, 0.5) is 5.69 Å². The summed E-state index contributed by atoms with van der Waals surface area (Å²) in [5, 5.41) is 6.41. The zero-order chi connectivity index (χ0) is 15.4. The largest absolute Gasteiger partial charge is 0.323 e. The second-order valence-electron chi connectivity index (χ2n) is 5.19. The van der Waals surface area contributed by atoms with E-state index in [0.717, 1.165) is 38.8 Å². The fourth-order valence-electron chi connectivity index (χ4n) is 2.44. The molecule has 0 unspecified atom stereocenters. The molecule has 1 heterocycles. The predicted molar refractivity (Wildman–Crippen MR) is 112 cm³/mol. The number of hydrogen-bond donors (Lipinski definition) is 2. The Morgan fingerprint density at radius 3 is 2.43 bits per heavy atom. The molecule has 21 heavy (non-hydrogen) atoms. The zero-order valence-electron chi connectivity index (χ0n) is 11.8. The topological polar surface area (TPSA) is 44.4 Å². The van der Waals surface area contributed by atoms with Gasteiger partial charge in [-0.25, -0.2) is 0 Å². The molecule has 0 saturated carbocycles. The van der Waals surface area contributed by atoms with E-state index in [2.05, 4.69) is 95.4 Å². The predicted octanol–water partition coefficient (Wildman–Crippen LogP) is 3.12. The van der Waals surface area contributed by atoms with Gasteiger partial charge in [-0.05, 0) is 113 Å². The Morgan fingerprint density at radius 2 is 1.86 bits per heavy atom. The van der Waals surface area contributed by atoms with Crippen LogP contribution in [0.5, 0.6) is 0 Å². The highest BCUT2D eigenvalue weighted by molar-refractivity contribution is 14.1. The van der Waals surface area contributed by atoms with Crippen molar-refractivity contribution in [3.05, 3.63) is 22.8 Å². The summed E-state index contributed by atoms with van der Waals surface area (Å²) in [6.45, 7) is 2.54. The number of likely N-dealkylation sites (N-methyl/N-ethyl adjacent to an activating group) is 1. The van der Waals surface area contributed by atoms with Crippen LogP contribution >= 0.6 is 67.8 Å². The average molecular weight is 625 g/mol. The molecule has 1 aromatic rings. The van der Waals surface area contributed by atoms with Gasteiger partial charge < -0.3 is 10.6 Å². The minimum atomic E-state index is 0.0630. The highest BCUT2D eigenvalue weighted by atomic mass is 127. The van der Waals surface area contributed by atoms with Gasteiger partial charge in [0.25, 0.3) is 0 Å². The van der Waals surface area contributed by atoms with Gasteiger partial charge in [0.05, 0.1) is 12.2 Å². The Labute approximate surface area is 166 Å². The number of nitrogens with zero attached hydrogens (tertiary/aromatic N) is 1. The standard InChI is InChI=1S/C14H18I3N3O/c1-20(10-2-4-18-5-3-10)8-13(21)19-14-11(16)6-9(15)7-12(14)17/h6-7,10,18H,2-5,8H2,1H3,(H,19,21). The summed E-state index contributed by atoms with van der Waals surface area (Å²) in [6.07, 6.45) is 2.23. The molecule has 1 aromatic carbocycles. The van der Waals surface area contributed by atoms with Crippen molar-refractivity contribution in [3.63, 3.8) is 0 Å². The van der Waals surface area contributed by atoms with Gasteiger partial charge in [-0.2, -0.15) is 0 Å². The number of carbonyl (C=O) groups excluding carboxylic acids is 1. The van der Waals surface area contributed by atoms with Crippen molar-refractivity contribution in [1.82, 2.24) is 10.2 Å². The number of benzene rings is 1. The highest BCUT2D eigenvalue weighted by Crippen LogP contribution is 2.27. The van der Waals surface area contributed by atoms with Gasteiger partial charge in [0, 0.05) is 16.8 Å². The maximum atomic E-state index is 12.3. The van der Waals surface area contributed by atoms with Crippen molar-refractivity contribution in [1.29, 1.82) is 0 Å². The summed E-state index contributed by atoms with van der Waals surface area (Å²) in [7, 11) is 2.04. The molecule has 1 aliphatic heterocycles. The van der Waals surface area contributed by atoms with Crippen LogP contribution in [0, 0.1) is 10.7 Å². The molecular formula is C14H18I3N3O. The maximum absolute atomic E-state index is 12.3. The first-order valence-electron chi connectivity index (χ1n) is 6.82. The van der Waals surface area contributed by atoms with Crippen molar-refractivity contribution in [2.75, 3.05) is 32.0 Å². The summed E-state index contributed by atoms with van der Waals surface area (Å²) >= 11 is 6.85. The van der Waals surface area contributed by atoms with E-state index in [0.29, 0.717) is 12.6 Å². The SMILES string of the molecule is CN(CC(=O)Nc1c(I)cc(I)cc1I)C1CCNCC1. The molecule has 2 N–H and O–H groups in total. The minimum Gasteiger partial charge on any atom is -0.323 e. The number of hydrogen-bond acceptors (Lipinski definition) is 3. The number of amides is 1. The van der Waals surface area contributed by atoms with Crippen LogP contribution in [-0.4, -0.2) is 43.5 Å². The lowest BCUT2D eigenvalue weighted by Crippen LogP contribution is -2.44. The molecule has 116 valence electrons. The normalized spacial score (nSPS) is 16.2. The molecule has 2 rings (SSSR count). The Bertz CT molecular complexity index is 495. The van der Waals surface area contributed by atoms with Crippen LogP contribution in [0.25, 0.3) is 0 Å². The molecule has 1 fully saturated rings. The first kappa shape index (κ1) is 18.1. The van der Waals surface area contributed by atoms with E-state index < -0.39 is 0 Å². The average Bonchev–Trinajstić information content (AvgIpc) is 2.43. The van der Waals surface area contributed by atoms with E-state index in [-0.39, 0.29) is 5.91 Å². The number of halogens is 3. The van der Waals surface area contributed by atoms with Gasteiger partial charge in [-0.15, -0.1) is 0 Å². The lowest BCUT2D eigenvalue weighted by molar-refractivity contribution is -0.117. The van der Waals surface area contributed by atoms with Gasteiger partial charge in [0.15, 0.2) is 0 Å². The van der Waals surface area contributed by atoms with Crippen LogP contribution in [0.1, 0.15) is 12.8 Å². The van der Waals surface area contributed by atoms with Crippen LogP contribution in [-0.2, 0) is 4.79 Å². The third-order valence-electron chi connectivity index (χ3n) is 3.60. The first-order valence-corrected chi connectivity index (χ1v) is 10.1. The molecule has 0 aliphatic carbocycles. The molecule has 0 bridgehead atoms. The fraction of sp³-hybridized carbons (Fsp3) is 0.500. The quantitative estimate of drug-likeness (QED) is 0.507. The molecule has 1 aliphatic rings. The van der Waals surface area contributed by atoms with Crippen LogP contribution in [0.3, 0.4) is 0 Å². The molecular weight excluding hydrogens is 607 g/mol. The maximum Gasteiger partial charge on any atom is 0.238 e. The van der Waals surface area contributed by atoms with Gasteiger partial charge in [0.1, 0.15) is 0 Å². The molecule has 0 radical (unpaired) electrons. The van der Waals surface area contributed by atoms with E-state index >= 15 is 0 Å². The van der Waals surface area contributed by atoms with Crippen LogP contribution in [0.2, 0.25) is 0 Å². The van der Waals surface area contributed by atoms with Crippen molar-refractivity contribution in [3.8, 4) is 0 Å². The second kappa shape index (κ2) is 8.60. The molecule has 7 heteroatoms. The van der Waals surface area contributed by atoms with E-state index in [9.17, 15) is 4.79 Å². The Morgan fingerprint density at radius 1 is 1.29 bits per heavy atom. The highest BCUT2D eigenvalue weighted by Gasteiger charge is 2.20. The minimum absolute atomic E-state index is 0.0630. The third-order valence-corrected chi connectivity index (χ3v) is 5.92. The van der Waals surface area contributed by atoms with Crippen LogP contribution < -0.4 is 10.6 Å². The zero-order valence-corrected chi connectivity index (χ0v) is 18.2. The van der Waals surface area contributed by atoms with E-state index in [1.165, 1.54) is 3.57 Å². The van der Waals surface area contributed by atoms with Crippen molar-refractivity contribution >= 4 is 79.4 Å². The smallest absolute Gasteiger partial charge is 0.238 e. The van der Waals surface area contributed by atoms with Crippen molar-refractivity contribution < 1.29 is 4.79 Å². The summed E-state index contributed by atoms with van der Waals surface area (Å²) in [6, 6.07) is 4.66. The summed E-state index contributed by atoms with van der Waals surface area (Å²) in [5.74, 6) is 0.0630. The van der Waals surface area contributed by atoms with E-state index in [1.807, 2.05) is 7.05 Å². The fourth-order valence-corrected chi connectivity index (χ4v) is 6.30.